The lowest BCUT2D eigenvalue weighted by atomic mass is 9.97. The molecule has 0 radical (unpaired) electrons. The van der Waals surface area contributed by atoms with Crippen molar-refractivity contribution in [3.63, 3.8) is 0 Å². The second-order valence-electron chi connectivity index (χ2n) is 6.19. The van der Waals surface area contributed by atoms with E-state index in [9.17, 15) is 0 Å². The summed E-state index contributed by atoms with van der Waals surface area (Å²) in [5.74, 6) is 1.67. The molecule has 0 N–H and O–H groups in total. The minimum absolute atomic E-state index is 0.200. The Morgan fingerprint density at radius 2 is 1.95 bits per heavy atom. The van der Waals surface area contributed by atoms with Crippen molar-refractivity contribution in [3.8, 4) is 0 Å². The summed E-state index contributed by atoms with van der Waals surface area (Å²) in [7, 11) is 0. The molecule has 0 saturated heterocycles. The summed E-state index contributed by atoms with van der Waals surface area (Å²) in [4.78, 5) is 4.75. The molecule has 4 nitrogen and oxygen atoms in total. The van der Waals surface area contributed by atoms with Crippen LogP contribution in [0.1, 0.15) is 39.2 Å². The SMILES string of the molecule is CCn1nc(C)c2nc(CCCl)n(CC(C)(C)C)c21. The first-order valence-electron chi connectivity index (χ1n) is 6.86. The average Bonchev–Trinajstić information content (AvgIpc) is 2.78. The number of halogens is 1. The number of imidazole rings is 1. The molecule has 106 valence electrons. The molecule has 2 aromatic rings. The highest BCUT2D eigenvalue weighted by Crippen LogP contribution is 2.25. The van der Waals surface area contributed by atoms with Gasteiger partial charge in [0, 0.05) is 25.4 Å². The van der Waals surface area contributed by atoms with Crippen LogP contribution in [-0.4, -0.2) is 25.2 Å². The molecular weight excluding hydrogens is 260 g/mol. The predicted molar refractivity (Wildman–Crippen MR) is 79.8 cm³/mol. The minimum Gasteiger partial charge on any atom is -0.312 e. The smallest absolute Gasteiger partial charge is 0.158 e. The van der Waals surface area contributed by atoms with Crippen molar-refractivity contribution in [1.82, 2.24) is 19.3 Å². The number of hydrogen-bond acceptors (Lipinski definition) is 2. The fourth-order valence-corrected chi connectivity index (χ4v) is 2.57. The number of nitrogens with zero attached hydrogens (tertiary/aromatic N) is 4. The van der Waals surface area contributed by atoms with Gasteiger partial charge in [0.25, 0.3) is 0 Å². The second-order valence-corrected chi connectivity index (χ2v) is 6.57. The number of hydrogen-bond donors (Lipinski definition) is 0. The Balaban J connectivity index is 2.63. The van der Waals surface area contributed by atoms with E-state index >= 15 is 0 Å². The number of fused-ring (bicyclic) bond motifs is 1. The zero-order chi connectivity index (χ0) is 14.2. The van der Waals surface area contributed by atoms with Crippen molar-refractivity contribution in [2.75, 3.05) is 5.88 Å². The fourth-order valence-electron chi connectivity index (χ4n) is 2.41. The van der Waals surface area contributed by atoms with E-state index in [1.807, 2.05) is 11.6 Å². The van der Waals surface area contributed by atoms with E-state index in [0.29, 0.717) is 5.88 Å². The zero-order valence-corrected chi connectivity index (χ0v) is 13.3. The summed E-state index contributed by atoms with van der Waals surface area (Å²) in [6.07, 6.45) is 0.801. The van der Waals surface area contributed by atoms with Gasteiger partial charge < -0.3 is 4.57 Å². The van der Waals surface area contributed by atoms with Gasteiger partial charge >= 0.3 is 0 Å². The van der Waals surface area contributed by atoms with E-state index in [1.54, 1.807) is 0 Å². The maximum Gasteiger partial charge on any atom is 0.158 e. The summed E-state index contributed by atoms with van der Waals surface area (Å²) in [5.41, 5.74) is 3.35. The second kappa shape index (κ2) is 5.16. The van der Waals surface area contributed by atoms with E-state index in [-0.39, 0.29) is 5.41 Å². The van der Waals surface area contributed by atoms with E-state index in [4.69, 9.17) is 16.6 Å². The number of aryl methyl sites for hydroxylation is 3. The van der Waals surface area contributed by atoms with E-state index in [0.717, 1.165) is 42.2 Å². The standard InChI is InChI=1S/C14H23ClN4/c1-6-19-13-12(10(2)17-19)16-11(7-8-15)18(13)9-14(3,4)5/h6-9H2,1-5H3. The topological polar surface area (TPSA) is 35.6 Å². The van der Waals surface area contributed by atoms with Crippen LogP contribution < -0.4 is 0 Å². The first-order chi connectivity index (χ1) is 8.87. The molecular formula is C14H23ClN4. The molecule has 0 spiro atoms. The van der Waals surface area contributed by atoms with Gasteiger partial charge in [0.2, 0.25) is 0 Å². The van der Waals surface area contributed by atoms with Crippen LogP contribution in [0.25, 0.3) is 11.2 Å². The van der Waals surface area contributed by atoms with Gasteiger partial charge in [0.05, 0.1) is 5.69 Å². The molecule has 2 heterocycles. The van der Waals surface area contributed by atoms with Crippen molar-refractivity contribution in [1.29, 1.82) is 0 Å². The Hall–Kier alpha value is -1.03. The summed E-state index contributed by atoms with van der Waals surface area (Å²) in [5, 5.41) is 4.56. The van der Waals surface area contributed by atoms with Crippen molar-refractivity contribution in [3.05, 3.63) is 11.5 Å². The monoisotopic (exact) mass is 282 g/mol. The third kappa shape index (κ3) is 2.78. The van der Waals surface area contributed by atoms with Gasteiger partial charge in [-0.05, 0) is 19.3 Å². The quantitative estimate of drug-likeness (QED) is 0.806. The molecule has 0 aromatic carbocycles. The van der Waals surface area contributed by atoms with Crippen LogP contribution in [-0.2, 0) is 19.5 Å². The minimum atomic E-state index is 0.200. The molecule has 5 heteroatoms. The Morgan fingerprint density at radius 3 is 2.47 bits per heavy atom. The third-order valence-electron chi connectivity index (χ3n) is 3.13. The fraction of sp³-hybridized carbons (Fsp3) is 0.714. The van der Waals surface area contributed by atoms with Crippen molar-refractivity contribution < 1.29 is 0 Å². The van der Waals surface area contributed by atoms with Gasteiger partial charge in [-0.1, -0.05) is 20.8 Å². The van der Waals surface area contributed by atoms with Crippen LogP contribution >= 0.6 is 11.6 Å². The van der Waals surface area contributed by atoms with Gasteiger partial charge in [-0.25, -0.2) is 9.67 Å². The van der Waals surface area contributed by atoms with Crippen molar-refractivity contribution >= 4 is 22.8 Å². The Labute approximate surface area is 119 Å². The Morgan fingerprint density at radius 1 is 1.26 bits per heavy atom. The third-order valence-corrected chi connectivity index (χ3v) is 3.32. The highest BCUT2D eigenvalue weighted by atomic mass is 35.5. The summed E-state index contributed by atoms with van der Waals surface area (Å²) in [6, 6.07) is 0. The van der Waals surface area contributed by atoms with Gasteiger partial charge in [-0.3, -0.25) is 0 Å². The number of alkyl halides is 1. The molecule has 0 saturated carbocycles. The molecule has 0 aliphatic rings. The maximum absolute atomic E-state index is 5.91. The van der Waals surface area contributed by atoms with Crippen molar-refractivity contribution in [2.24, 2.45) is 5.41 Å². The molecule has 19 heavy (non-hydrogen) atoms. The van der Waals surface area contributed by atoms with Crippen LogP contribution in [0.5, 0.6) is 0 Å². The van der Waals surface area contributed by atoms with Crippen LogP contribution in [0.15, 0.2) is 0 Å². The maximum atomic E-state index is 5.91. The highest BCUT2D eigenvalue weighted by Gasteiger charge is 2.21. The van der Waals surface area contributed by atoms with Gasteiger partial charge in [-0.15, -0.1) is 11.6 Å². The average molecular weight is 283 g/mol. The first kappa shape index (κ1) is 14.4. The van der Waals surface area contributed by atoms with Gasteiger partial charge in [0.15, 0.2) is 5.65 Å². The van der Waals surface area contributed by atoms with Crippen LogP contribution in [0.4, 0.5) is 0 Å². The highest BCUT2D eigenvalue weighted by molar-refractivity contribution is 6.17. The lowest BCUT2D eigenvalue weighted by Crippen LogP contribution is -2.19. The number of rotatable bonds is 4. The molecule has 0 aliphatic heterocycles. The van der Waals surface area contributed by atoms with E-state index in [2.05, 4.69) is 37.4 Å². The predicted octanol–water partition coefficient (Wildman–Crippen LogP) is 3.39. The van der Waals surface area contributed by atoms with Crippen molar-refractivity contribution in [2.45, 2.75) is 54.1 Å². The largest absolute Gasteiger partial charge is 0.312 e. The molecule has 2 aromatic heterocycles. The van der Waals surface area contributed by atoms with E-state index in [1.165, 1.54) is 0 Å². The molecule has 0 unspecified atom stereocenters. The zero-order valence-electron chi connectivity index (χ0n) is 12.5. The molecule has 0 amide bonds. The van der Waals surface area contributed by atoms with Gasteiger partial charge in [-0.2, -0.15) is 5.10 Å². The van der Waals surface area contributed by atoms with Gasteiger partial charge in [0.1, 0.15) is 11.3 Å². The lowest BCUT2D eigenvalue weighted by molar-refractivity contribution is 0.340. The first-order valence-corrected chi connectivity index (χ1v) is 7.39. The van der Waals surface area contributed by atoms with E-state index < -0.39 is 0 Å². The molecule has 0 atom stereocenters. The Kier molecular flexibility index (Phi) is 3.90. The summed E-state index contributed by atoms with van der Waals surface area (Å²) in [6.45, 7) is 12.6. The molecule has 0 bridgehead atoms. The molecule has 0 aliphatic carbocycles. The normalized spacial score (nSPS) is 12.5. The van der Waals surface area contributed by atoms with Crippen LogP contribution in [0.3, 0.4) is 0 Å². The molecule has 0 fully saturated rings. The lowest BCUT2D eigenvalue weighted by Gasteiger charge is -2.21. The number of aromatic nitrogens is 4. The molecule has 2 rings (SSSR count). The summed E-state index contributed by atoms with van der Waals surface area (Å²) < 4.78 is 4.34. The van der Waals surface area contributed by atoms with Crippen LogP contribution in [0.2, 0.25) is 0 Å². The summed E-state index contributed by atoms with van der Waals surface area (Å²) >= 11 is 5.91. The Bertz CT molecular complexity index is 574. The van der Waals surface area contributed by atoms with Crippen LogP contribution in [0, 0.1) is 12.3 Å².